The smallest absolute Gasteiger partial charge is 0.243 e. The molecule has 214 valence electrons. The average molecular weight is 560 g/mol. The molecule has 2 amide bonds. The van der Waals surface area contributed by atoms with Crippen molar-refractivity contribution in [3.05, 3.63) is 65.7 Å². The van der Waals surface area contributed by atoms with Crippen molar-refractivity contribution in [1.29, 1.82) is 0 Å². The van der Waals surface area contributed by atoms with E-state index in [4.69, 9.17) is 11.5 Å². The second-order valence-corrected chi connectivity index (χ2v) is 11.3. The van der Waals surface area contributed by atoms with Crippen LogP contribution in [0.1, 0.15) is 49.7 Å². The minimum atomic E-state index is -4.01. The summed E-state index contributed by atoms with van der Waals surface area (Å²) in [4.78, 5) is 38.3. The number of nitrogens with one attached hydrogen (secondary N) is 3. The Morgan fingerprint density at radius 2 is 1.41 bits per heavy atom. The van der Waals surface area contributed by atoms with Crippen LogP contribution in [0.2, 0.25) is 0 Å². The van der Waals surface area contributed by atoms with E-state index < -0.39 is 40.0 Å². The Bertz CT molecular complexity index is 1140. The van der Waals surface area contributed by atoms with E-state index in [1.807, 2.05) is 37.3 Å². The molecule has 0 spiro atoms. The van der Waals surface area contributed by atoms with E-state index in [1.54, 1.807) is 12.1 Å². The molecule has 0 saturated carbocycles. The number of rotatable bonds is 18. The first-order chi connectivity index (χ1) is 18.7. The Labute approximate surface area is 231 Å². The van der Waals surface area contributed by atoms with Crippen molar-refractivity contribution in [3.8, 4) is 0 Å². The highest BCUT2D eigenvalue weighted by atomic mass is 32.2. The van der Waals surface area contributed by atoms with E-state index in [0.29, 0.717) is 45.1 Å². The van der Waals surface area contributed by atoms with Gasteiger partial charge in [-0.2, -0.15) is 4.72 Å². The van der Waals surface area contributed by atoms with Gasteiger partial charge in [-0.1, -0.05) is 54.4 Å². The van der Waals surface area contributed by atoms with Crippen LogP contribution >= 0.6 is 0 Å². The van der Waals surface area contributed by atoms with Gasteiger partial charge < -0.3 is 26.9 Å². The quantitative estimate of drug-likeness (QED) is 0.135. The molecule has 11 heteroatoms. The Kier molecular flexibility index (Phi) is 13.8. The third kappa shape index (κ3) is 11.3. The monoisotopic (exact) mass is 559 g/mol. The molecule has 2 rings (SSSR count). The van der Waals surface area contributed by atoms with Crippen LogP contribution in [-0.2, 0) is 30.8 Å². The predicted octanol–water partition coefficient (Wildman–Crippen LogP) is 1.31. The highest BCUT2D eigenvalue weighted by molar-refractivity contribution is 7.89. The third-order valence-electron chi connectivity index (χ3n) is 6.27. The van der Waals surface area contributed by atoms with E-state index in [2.05, 4.69) is 15.4 Å². The van der Waals surface area contributed by atoms with Gasteiger partial charge in [0.1, 0.15) is 18.4 Å². The maximum atomic E-state index is 13.4. The summed E-state index contributed by atoms with van der Waals surface area (Å²) < 4.78 is 28.6. The topological polar surface area (TPSA) is 173 Å². The summed E-state index contributed by atoms with van der Waals surface area (Å²) in [7, 11) is -4.01. The van der Waals surface area contributed by atoms with Gasteiger partial charge in [-0.25, -0.2) is 8.42 Å². The first-order valence-electron chi connectivity index (χ1n) is 13.3. The summed E-state index contributed by atoms with van der Waals surface area (Å²) in [6, 6.07) is 12.5. The zero-order valence-corrected chi connectivity index (χ0v) is 23.3. The molecule has 0 aliphatic heterocycles. The number of aryl methyl sites for hydroxylation is 1. The zero-order chi connectivity index (χ0) is 28.7. The molecule has 2 aromatic rings. The molecule has 0 fully saturated rings. The van der Waals surface area contributed by atoms with Gasteiger partial charge in [-0.05, 0) is 69.8 Å². The standard InChI is InChI=1S/C28H41N5O5S/c1-21-13-15-24(16-14-21)39(37,38)33-25(12-6-8-18-30)27(35)32-26(19-22-9-3-2-4-10-22)28(36)31-23(20-34)11-5-7-17-29/h2-4,9-10,13-16,20,23,25-26,33H,5-8,11-12,17-19,29-30H2,1H3,(H,31,36)(H,32,35)/t23-,25+,26-/m0/s1. The van der Waals surface area contributed by atoms with Gasteiger partial charge >= 0.3 is 0 Å². The summed E-state index contributed by atoms with van der Waals surface area (Å²) >= 11 is 0. The largest absolute Gasteiger partial charge is 0.345 e. The molecule has 10 nitrogen and oxygen atoms in total. The molecule has 0 aliphatic carbocycles. The fourth-order valence-corrected chi connectivity index (χ4v) is 5.24. The van der Waals surface area contributed by atoms with E-state index in [1.165, 1.54) is 12.1 Å². The van der Waals surface area contributed by atoms with Gasteiger partial charge in [0.2, 0.25) is 21.8 Å². The fourth-order valence-electron chi connectivity index (χ4n) is 4.01. The molecule has 2 aromatic carbocycles. The lowest BCUT2D eigenvalue weighted by atomic mass is 10.0. The summed E-state index contributed by atoms with van der Waals surface area (Å²) in [6.45, 7) is 2.73. The van der Waals surface area contributed by atoms with Crippen LogP contribution in [0.25, 0.3) is 0 Å². The number of sulfonamides is 1. The summed E-state index contributed by atoms with van der Waals surface area (Å²) in [5.74, 6) is -1.16. The van der Waals surface area contributed by atoms with Gasteiger partial charge in [0.25, 0.3) is 0 Å². The molecule has 0 saturated heterocycles. The van der Waals surface area contributed by atoms with Crippen LogP contribution in [0.4, 0.5) is 0 Å². The number of carbonyl (C=O) groups excluding carboxylic acids is 3. The minimum absolute atomic E-state index is 0.0367. The Balaban J connectivity index is 2.25. The first-order valence-corrected chi connectivity index (χ1v) is 14.8. The molecule has 0 aromatic heterocycles. The lowest BCUT2D eigenvalue weighted by molar-refractivity contribution is -0.130. The number of hydrogen-bond acceptors (Lipinski definition) is 7. The van der Waals surface area contributed by atoms with Crippen molar-refractivity contribution < 1.29 is 22.8 Å². The predicted molar refractivity (Wildman–Crippen MR) is 151 cm³/mol. The van der Waals surface area contributed by atoms with Crippen LogP contribution in [0.5, 0.6) is 0 Å². The van der Waals surface area contributed by atoms with Crippen molar-refractivity contribution in [2.24, 2.45) is 11.5 Å². The first kappa shape index (κ1) is 32.1. The van der Waals surface area contributed by atoms with E-state index in [0.717, 1.165) is 17.5 Å². The van der Waals surface area contributed by atoms with Crippen molar-refractivity contribution in [3.63, 3.8) is 0 Å². The number of carbonyl (C=O) groups is 3. The lowest BCUT2D eigenvalue weighted by Crippen LogP contribution is -2.55. The molecule has 3 atom stereocenters. The minimum Gasteiger partial charge on any atom is -0.345 e. The summed E-state index contributed by atoms with van der Waals surface area (Å²) in [5, 5.41) is 5.43. The highest BCUT2D eigenvalue weighted by Crippen LogP contribution is 2.13. The number of hydrogen-bond donors (Lipinski definition) is 5. The summed E-state index contributed by atoms with van der Waals surface area (Å²) in [6.07, 6.45) is 3.95. The Morgan fingerprint density at radius 3 is 2.00 bits per heavy atom. The van der Waals surface area contributed by atoms with Crippen molar-refractivity contribution in [1.82, 2.24) is 15.4 Å². The van der Waals surface area contributed by atoms with Gasteiger partial charge in [0.15, 0.2) is 0 Å². The zero-order valence-electron chi connectivity index (χ0n) is 22.5. The SMILES string of the molecule is Cc1ccc(S(=O)(=O)N[C@H](CCCCN)C(=O)N[C@@H](Cc2ccccc2)C(=O)N[C@H](C=O)CCCCN)cc1. The van der Waals surface area contributed by atoms with Crippen molar-refractivity contribution >= 4 is 28.1 Å². The normalized spacial score (nSPS) is 13.7. The number of unbranched alkanes of at least 4 members (excludes halogenated alkanes) is 2. The second-order valence-electron chi connectivity index (χ2n) is 9.56. The average Bonchev–Trinajstić information content (AvgIpc) is 2.92. The van der Waals surface area contributed by atoms with E-state index in [9.17, 15) is 22.8 Å². The van der Waals surface area contributed by atoms with Crippen LogP contribution in [0.3, 0.4) is 0 Å². The van der Waals surface area contributed by atoms with Crippen molar-refractivity contribution in [2.45, 2.75) is 74.9 Å². The maximum Gasteiger partial charge on any atom is 0.243 e. The highest BCUT2D eigenvalue weighted by Gasteiger charge is 2.30. The Hall–Kier alpha value is -3.12. The third-order valence-corrected chi connectivity index (χ3v) is 7.76. The van der Waals surface area contributed by atoms with Gasteiger partial charge in [0.05, 0.1) is 10.9 Å². The number of aldehydes is 1. The van der Waals surface area contributed by atoms with E-state index >= 15 is 0 Å². The lowest BCUT2D eigenvalue weighted by Gasteiger charge is -2.24. The molecule has 0 bridgehead atoms. The summed E-state index contributed by atoms with van der Waals surface area (Å²) in [5.41, 5.74) is 12.8. The molecule has 0 aliphatic rings. The van der Waals surface area contributed by atoms with Gasteiger partial charge in [-0.15, -0.1) is 0 Å². The Morgan fingerprint density at radius 1 is 0.821 bits per heavy atom. The molecule has 7 N–H and O–H groups in total. The van der Waals surface area contributed by atoms with E-state index in [-0.39, 0.29) is 17.7 Å². The van der Waals surface area contributed by atoms with Gasteiger partial charge in [-0.3, -0.25) is 9.59 Å². The molecule has 39 heavy (non-hydrogen) atoms. The van der Waals surface area contributed by atoms with Crippen LogP contribution < -0.4 is 26.8 Å². The van der Waals surface area contributed by atoms with Gasteiger partial charge in [0, 0.05) is 6.42 Å². The fraction of sp³-hybridized carbons (Fsp3) is 0.464. The molecule has 0 heterocycles. The second kappa shape index (κ2) is 16.8. The maximum absolute atomic E-state index is 13.4. The van der Waals surface area contributed by atoms with Crippen LogP contribution in [0.15, 0.2) is 59.5 Å². The molecular weight excluding hydrogens is 518 g/mol. The molecule has 0 radical (unpaired) electrons. The van der Waals surface area contributed by atoms with Crippen molar-refractivity contribution in [2.75, 3.05) is 13.1 Å². The molecular formula is C28H41N5O5S. The number of benzene rings is 2. The van der Waals surface area contributed by atoms with Crippen LogP contribution in [0, 0.1) is 6.92 Å². The number of nitrogens with two attached hydrogens (primary N) is 2. The molecule has 0 unspecified atom stereocenters. The number of amides is 2. The van der Waals surface area contributed by atoms with Crippen LogP contribution in [-0.4, -0.2) is 57.7 Å².